The van der Waals surface area contributed by atoms with Crippen molar-refractivity contribution in [2.24, 2.45) is 0 Å². The van der Waals surface area contributed by atoms with Crippen molar-refractivity contribution < 1.29 is 9.59 Å². The van der Waals surface area contributed by atoms with Crippen molar-refractivity contribution in [2.45, 2.75) is 63.6 Å². The van der Waals surface area contributed by atoms with Gasteiger partial charge in [0.1, 0.15) is 0 Å². The molecular formula is C31H37N3O2S. The Hall–Kier alpha value is -2.96. The number of hydrogen-bond acceptors (Lipinski definition) is 4. The first kappa shape index (κ1) is 25.7. The first-order chi connectivity index (χ1) is 18.2. The number of thiophene rings is 1. The molecule has 0 saturated heterocycles. The second-order valence-electron chi connectivity index (χ2n) is 10.2. The van der Waals surface area contributed by atoms with Gasteiger partial charge in [-0.3, -0.25) is 14.5 Å². The van der Waals surface area contributed by atoms with Crippen LogP contribution in [0.4, 0.5) is 0 Å². The molecule has 3 aromatic rings. The molecule has 1 aliphatic heterocycles. The van der Waals surface area contributed by atoms with Gasteiger partial charge in [-0.25, -0.2) is 0 Å². The Labute approximate surface area is 224 Å². The molecule has 0 spiro atoms. The minimum atomic E-state index is -0.403. The lowest BCUT2D eigenvalue weighted by Gasteiger charge is -2.44. The molecule has 1 aromatic heterocycles. The number of nitrogens with one attached hydrogen (secondary N) is 1. The zero-order valence-electron chi connectivity index (χ0n) is 21.6. The third kappa shape index (κ3) is 5.65. The Bertz CT molecular complexity index is 1170. The van der Waals surface area contributed by atoms with E-state index in [4.69, 9.17) is 0 Å². The maximum Gasteiger partial charge on any atom is 0.254 e. The molecule has 37 heavy (non-hydrogen) atoms. The predicted molar refractivity (Wildman–Crippen MR) is 150 cm³/mol. The first-order valence-corrected chi connectivity index (χ1v) is 14.5. The summed E-state index contributed by atoms with van der Waals surface area (Å²) in [6.45, 7) is 5.62. The van der Waals surface area contributed by atoms with E-state index >= 15 is 0 Å². The van der Waals surface area contributed by atoms with Crippen molar-refractivity contribution in [3.05, 3.63) is 93.7 Å². The lowest BCUT2D eigenvalue weighted by Crippen LogP contribution is -2.50. The predicted octanol–water partition coefficient (Wildman–Crippen LogP) is 6.00. The number of benzene rings is 2. The maximum absolute atomic E-state index is 13.9. The lowest BCUT2D eigenvalue weighted by atomic mass is 9.80. The molecule has 194 valence electrons. The van der Waals surface area contributed by atoms with Crippen LogP contribution in [-0.2, 0) is 11.3 Å². The van der Waals surface area contributed by atoms with Gasteiger partial charge in [-0.15, -0.1) is 11.3 Å². The van der Waals surface area contributed by atoms with E-state index in [0.717, 1.165) is 62.2 Å². The van der Waals surface area contributed by atoms with E-state index < -0.39 is 5.92 Å². The van der Waals surface area contributed by atoms with Gasteiger partial charge in [-0.2, -0.15) is 0 Å². The number of hydrogen-bond donors (Lipinski definition) is 1. The summed E-state index contributed by atoms with van der Waals surface area (Å²) in [5.74, 6) is -0.309. The van der Waals surface area contributed by atoms with Crippen LogP contribution in [0.25, 0.3) is 0 Å². The Balaban J connectivity index is 1.32. The smallest absolute Gasteiger partial charge is 0.254 e. The first-order valence-electron chi connectivity index (χ1n) is 13.7. The molecule has 0 radical (unpaired) electrons. The molecule has 1 saturated carbocycles. The molecule has 2 heterocycles. The van der Waals surface area contributed by atoms with Crippen molar-refractivity contribution in [1.82, 2.24) is 15.1 Å². The summed E-state index contributed by atoms with van der Waals surface area (Å²) in [4.78, 5) is 33.2. The van der Waals surface area contributed by atoms with Crippen molar-refractivity contribution in [2.75, 3.05) is 19.6 Å². The molecule has 2 unspecified atom stereocenters. The molecule has 2 aromatic carbocycles. The average molecular weight is 516 g/mol. The van der Waals surface area contributed by atoms with Crippen LogP contribution in [0.2, 0.25) is 0 Å². The average Bonchev–Trinajstić information content (AvgIpc) is 3.66. The second kappa shape index (κ2) is 12.1. The number of carbonyl (C=O) groups excluding carboxylic acids is 2. The largest absolute Gasteiger partial charge is 0.355 e. The molecule has 2 amide bonds. The van der Waals surface area contributed by atoms with Crippen LogP contribution < -0.4 is 5.32 Å². The zero-order chi connectivity index (χ0) is 25.6. The van der Waals surface area contributed by atoms with E-state index in [2.05, 4.69) is 52.4 Å². The Kier molecular flexibility index (Phi) is 8.37. The molecule has 5 rings (SSSR count). The highest BCUT2D eigenvalue weighted by molar-refractivity contribution is 7.10. The topological polar surface area (TPSA) is 52.7 Å². The van der Waals surface area contributed by atoms with E-state index in [9.17, 15) is 9.59 Å². The number of amides is 2. The van der Waals surface area contributed by atoms with Crippen LogP contribution in [0.3, 0.4) is 0 Å². The van der Waals surface area contributed by atoms with Gasteiger partial charge < -0.3 is 10.2 Å². The van der Waals surface area contributed by atoms with Gasteiger partial charge in [-0.05, 0) is 54.4 Å². The molecule has 5 nitrogen and oxygen atoms in total. The Morgan fingerprint density at radius 3 is 2.51 bits per heavy atom. The SMILES string of the molecule is CCN(CCCNC(=O)C1c2ccccc2C(=O)N(C2CCCC2)C1c1cccs1)Cc1ccccc1. The summed E-state index contributed by atoms with van der Waals surface area (Å²) in [5, 5.41) is 5.31. The van der Waals surface area contributed by atoms with Gasteiger partial charge in [0.25, 0.3) is 5.91 Å². The Morgan fingerprint density at radius 1 is 1.03 bits per heavy atom. The fourth-order valence-electron chi connectivity index (χ4n) is 5.99. The molecule has 2 atom stereocenters. The van der Waals surface area contributed by atoms with Crippen LogP contribution in [0.1, 0.15) is 77.3 Å². The Morgan fingerprint density at radius 2 is 1.78 bits per heavy atom. The van der Waals surface area contributed by atoms with Crippen molar-refractivity contribution in [3.8, 4) is 0 Å². The summed E-state index contributed by atoms with van der Waals surface area (Å²) in [7, 11) is 0. The normalized spacial score (nSPS) is 19.8. The second-order valence-corrected chi connectivity index (χ2v) is 11.2. The highest BCUT2D eigenvalue weighted by atomic mass is 32.1. The monoisotopic (exact) mass is 515 g/mol. The van der Waals surface area contributed by atoms with Gasteiger partial charge in [0.2, 0.25) is 5.91 Å². The van der Waals surface area contributed by atoms with Crippen LogP contribution >= 0.6 is 11.3 Å². The summed E-state index contributed by atoms with van der Waals surface area (Å²) >= 11 is 1.65. The maximum atomic E-state index is 13.9. The summed E-state index contributed by atoms with van der Waals surface area (Å²) in [6, 6.07) is 22.3. The van der Waals surface area contributed by atoms with Crippen molar-refractivity contribution >= 4 is 23.2 Å². The molecular weight excluding hydrogens is 478 g/mol. The van der Waals surface area contributed by atoms with Crippen LogP contribution in [0.5, 0.6) is 0 Å². The van der Waals surface area contributed by atoms with Crippen LogP contribution in [0.15, 0.2) is 72.1 Å². The number of rotatable bonds is 10. The summed E-state index contributed by atoms with van der Waals surface area (Å²) in [6.07, 6.45) is 5.19. The fraction of sp³-hybridized carbons (Fsp3) is 0.419. The van der Waals surface area contributed by atoms with E-state index in [1.807, 2.05) is 41.8 Å². The van der Waals surface area contributed by atoms with Gasteiger partial charge in [-0.1, -0.05) is 74.4 Å². The summed E-state index contributed by atoms with van der Waals surface area (Å²) in [5.41, 5.74) is 2.85. The van der Waals surface area contributed by atoms with Gasteiger partial charge in [0.05, 0.1) is 12.0 Å². The minimum Gasteiger partial charge on any atom is -0.355 e. The van der Waals surface area contributed by atoms with Crippen LogP contribution in [-0.4, -0.2) is 47.3 Å². The number of carbonyl (C=O) groups is 2. The highest BCUT2D eigenvalue weighted by Gasteiger charge is 2.47. The molecule has 0 bridgehead atoms. The van der Waals surface area contributed by atoms with Gasteiger partial charge >= 0.3 is 0 Å². The third-order valence-electron chi connectivity index (χ3n) is 7.86. The molecule has 1 aliphatic carbocycles. The standard InChI is InChI=1S/C31H37N3O2S/c1-2-33(22-23-12-4-3-5-13-23)20-11-19-32-30(35)28-25-16-8-9-17-26(25)31(36)34(24-14-6-7-15-24)29(28)27-18-10-21-37-27/h3-5,8-10,12-13,16-18,21,24,28-29H,2,6-7,11,14-15,19-20,22H2,1H3,(H,32,35). The van der Waals surface area contributed by atoms with Crippen molar-refractivity contribution in [3.63, 3.8) is 0 Å². The van der Waals surface area contributed by atoms with Gasteiger partial charge in [0.15, 0.2) is 0 Å². The number of fused-ring (bicyclic) bond motifs is 1. The van der Waals surface area contributed by atoms with E-state index in [0.29, 0.717) is 12.1 Å². The van der Waals surface area contributed by atoms with E-state index in [1.165, 1.54) is 5.56 Å². The molecule has 6 heteroatoms. The summed E-state index contributed by atoms with van der Waals surface area (Å²) < 4.78 is 0. The highest BCUT2D eigenvalue weighted by Crippen LogP contribution is 2.47. The number of nitrogens with zero attached hydrogens (tertiary/aromatic N) is 2. The van der Waals surface area contributed by atoms with E-state index in [1.54, 1.807) is 11.3 Å². The van der Waals surface area contributed by atoms with Gasteiger partial charge in [0, 0.05) is 36.1 Å². The molecule has 1 N–H and O–H groups in total. The van der Waals surface area contributed by atoms with E-state index in [-0.39, 0.29) is 23.9 Å². The quantitative estimate of drug-likeness (QED) is 0.337. The lowest BCUT2D eigenvalue weighted by molar-refractivity contribution is -0.124. The molecule has 2 aliphatic rings. The molecule has 1 fully saturated rings. The minimum absolute atomic E-state index is 0.0208. The third-order valence-corrected chi connectivity index (χ3v) is 8.80. The fourth-order valence-corrected chi connectivity index (χ4v) is 6.86. The van der Waals surface area contributed by atoms with Crippen LogP contribution in [0, 0.1) is 0 Å². The zero-order valence-corrected chi connectivity index (χ0v) is 22.5. The van der Waals surface area contributed by atoms with Crippen molar-refractivity contribution in [1.29, 1.82) is 0 Å².